The number of benzene rings is 1. The zero-order valence-corrected chi connectivity index (χ0v) is 11.1. The van der Waals surface area contributed by atoms with Crippen LogP contribution < -0.4 is 10.5 Å². The largest absolute Gasteiger partial charge is 0.475 e. The highest BCUT2D eigenvalue weighted by atomic mass is 16.5. The van der Waals surface area contributed by atoms with Gasteiger partial charge in [0, 0.05) is 6.54 Å². The highest BCUT2D eigenvalue weighted by Crippen LogP contribution is 2.26. The third-order valence-corrected chi connectivity index (χ3v) is 2.69. The molecule has 0 fully saturated rings. The van der Waals surface area contributed by atoms with Crippen LogP contribution in [0.4, 0.5) is 0 Å². The Labute approximate surface area is 107 Å². The van der Waals surface area contributed by atoms with Crippen LogP contribution in [0.15, 0.2) is 30.3 Å². The number of aryl methyl sites for hydroxylation is 1. The molecule has 0 aliphatic heterocycles. The predicted octanol–water partition coefficient (Wildman–Crippen LogP) is 2.43. The van der Waals surface area contributed by atoms with Crippen molar-refractivity contribution in [2.24, 2.45) is 5.73 Å². The molecule has 2 aromatic rings. The van der Waals surface area contributed by atoms with E-state index in [0.29, 0.717) is 6.54 Å². The summed E-state index contributed by atoms with van der Waals surface area (Å²) in [5.41, 5.74) is 8.65. The van der Waals surface area contributed by atoms with E-state index in [-0.39, 0.29) is 6.10 Å². The van der Waals surface area contributed by atoms with Crippen LogP contribution in [0.5, 0.6) is 5.88 Å². The van der Waals surface area contributed by atoms with Gasteiger partial charge in [0.15, 0.2) is 0 Å². The molecule has 2 rings (SSSR count). The van der Waals surface area contributed by atoms with Crippen molar-refractivity contribution in [2.75, 3.05) is 0 Å². The van der Waals surface area contributed by atoms with Crippen LogP contribution in [0.3, 0.4) is 0 Å². The van der Waals surface area contributed by atoms with Gasteiger partial charge >= 0.3 is 0 Å². The number of nitrogens with two attached hydrogens (primary N) is 1. The molecule has 1 aromatic carbocycles. The van der Waals surface area contributed by atoms with E-state index in [1.54, 1.807) is 0 Å². The fourth-order valence-electron chi connectivity index (χ4n) is 1.86. The second-order valence-electron chi connectivity index (χ2n) is 4.49. The van der Waals surface area contributed by atoms with Crippen LogP contribution in [0.1, 0.15) is 25.1 Å². The zero-order chi connectivity index (χ0) is 13.1. The maximum absolute atomic E-state index is 5.86. The van der Waals surface area contributed by atoms with Gasteiger partial charge in [-0.1, -0.05) is 18.2 Å². The van der Waals surface area contributed by atoms with Crippen molar-refractivity contribution >= 4 is 0 Å². The quantitative estimate of drug-likeness (QED) is 0.900. The van der Waals surface area contributed by atoms with E-state index in [1.165, 1.54) is 0 Å². The second kappa shape index (κ2) is 5.23. The number of hydrogen-bond acceptors (Lipinski definition) is 3. The van der Waals surface area contributed by atoms with Crippen molar-refractivity contribution in [3.05, 3.63) is 41.6 Å². The Kier molecular flexibility index (Phi) is 3.67. The molecule has 0 bridgehead atoms. The minimum absolute atomic E-state index is 0.0915. The van der Waals surface area contributed by atoms with E-state index in [1.807, 2.05) is 55.8 Å². The molecule has 0 amide bonds. The standard InChI is InChI=1S/C14H19N3O/c1-10(2)18-14-13(9-15)11(3)16-17(14)12-7-5-4-6-8-12/h4-8,10H,9,15H2,1-3H3. The molecule has 0 spiro atoms. The van der Waals surface area contributed by atoms with Crippen LogP contribution in [-0.2, 0) is 6.54 Å². The molecule has 0 saturated heterocycles. The number of para-hydroxylation sites is 1. The topological polar surface area (TPSA) is 53.1 Å². The van der Waals surface area contributed by atoms with Crippen LogP contribution in [0, 0.1) is 6.92 Å². The van der Waals surface area contributed by atoms with Crippen LogP contribution >= 0.6 is 0 Å². The monoisotopic (exact) mass is 245 g/mol. The summed E-state index contributed by atoms with van der Waals surface area (Å²) >= 11 is 0. The van der Waals surface area contributed by atoms with E-state index in [9.17, 15) is 0 Å². The lowest BCUT2D eigenvalue weighted by Gasteiger charge is -2.13. The summed E-state index contributed by atoms with van der Waals surface area (Å²) in [5, 5.41) is 4.52. The molecule has 96 valence electrons. The van der Waals surface area contributed by atoms with Crippen LogP contribution in [-0.4, -0.2) is 15.9 Å². The maximum atomic E-state index is 5.86. The number of aromatic nitrogens is 2. The Morgan fingerprint density at radius 2 is 1.94 bits per heavy atom. The summed E-state index contributed by atoms with van der Waals surface area (Å²) in [6, 6.07) is 9.94. The van der Waals surface area contributed by atoms with E-state index in [2.05, 4.69) is 5.10 Å². The molecule has 1 aromatic heterocycles. The Bertz CT molecular complexity index is 517. The number of ether oxygens (including phenoxy) is 1. The highest BCUT2D eigenvalue weighted by molar-refractivity contribution is 5.41. The predicted molar refractivity (Wildman–Crippen MR) is 72.0 cm³/mol. The van der Waals surface area contributed by atoms with Gasteiger partial charge in [-0.2, -0.15) is 5.10 Å². The van der Waals surface area contributed by atoms with Crippen molar-refractivity contribution in [2.45, 2.75) is 33.4 Å². The molecule has 4 heteroatoms. The van der Waals surface area contributed by atoms with Gasteiger partial charge in [0.25, 0.3) is 0 Å². The SMILES string of the molecule is Cc1nn(-c2ccccc2)c(OC(C)C)c1CN. The molecule has 0 aliphatic rings. The zero-order valence-electron chi connectivity index (χ0n) is 11.1. The van der Waals surface area contributed by atoms with Gasteiger partial charge in [-0.25, -0.2) is 4.68 Å². The molecular formula is C14H19N3O. The lowest BCUT2D eigenvalue weighted by molar-refractivity contribution is 0.223. The molecule has 0 atom stereocenters. The van der Waals surface area contributed by atoms with E-state index in [0.717, 1.165) is 22.8 Å². The summed E-state index contributed by atoms with van der Waals surface area (Å²) < 4.78 is 7.68. The first-order valence-electron chi connectivity index (χ1n) is 6.14. The Hall–Kier alpha value is -1.81. The summed E-state index contributed by atoms with van der Waals surface area (Å²) in [4.78, 5) is 0. The van der Waals surface area contributed by atoms with E-state index in [4.69, 9.17) is 10.5 Å². The third-order valence-electron chi connectivity index (χ3n) is 2.69. The van der Waals surface area contributed by atoms with Gasteiger partial charge in [0.1, 0.15) is 0 Å². The molecule has 0 radical (unpaired) electrons. The average Bonchev–Trinajstić information content (AvgIpc) is 2.66. The normalized spacial score (nSPS) is 10.9. The Morgan fingerprint density at radius 1 is 1.28 bits per heavy atom. The average molecular weight is 245 g/mol. The molecule has 18 heavy (non-hydrogen) atoms. The first-order chi connectivity index (χ1) is 8.63. The van der Waals surface area contributed by atoms with Gasteiger partial charge < -0.3 is 10.5 Å². The van der Waals surface area contributed by atoms with Crippen molar-refractivity contribution in [1.82, 2.24) is 9.78 Å². The molecule has 4 nitrogen and oxygen atoms in total. The number of nitrogens with zero attached hydrogens (tertiary/aromatic N) is 2. The second-order valence-corrected chi connectivity index (χ2v) is 4.49. The Morgan fingerprint density at radius 3 is 2.50 bits per heavy atom. The summed E-state index contributed by atoms with van der Waals surface area (Å²) in [5.74, 6) is 0.746. The minimum atomic E-state index is 0.0915. The van der Waals surface area contributed by atoms with Crippen molar-refractivity contribution in [3.8, 4) is 11.6 Å². The van der Waals surface area contributed by atoms with Crippen LogP contribution in [0.25, 0.3) is 5.69 Å². The van der Waals surface area contributed by atoms with Gasteiger partial charge in [-0.3, -0.25) is 0 Å². The number of rotatable bonds is 4. The smallest absolute Gasteiger partial charge is 0.221 e. The third kappa shape index (κ3) is 2.38. The summed E-state index contributed by atoms with van der Waals surface area (Å²) in [6.45, 7) is 6.38. The lowest BCUT2D eigenvalue weighted by Crippen LogP contribution is -2.12. The molecule has 0 aliphatic carbocycles. The molecule has 1 heterocycles. The van der Waals surface area contributed by atoms with E-state index >= 15 is 0 Å². The van der Waals surface area contributed by atoms with Crippen LogP contribution in [0.2, 0.25) is 0 Å². The maximum Gasteiger partial charge on any atom is 0.221 e. The molecular weight excluding hydrogens is 226 g/mol. The van der Waals surface area contributed by atoms with Gasteiger partial charge in [-0.05, 0) is 32.9 Å². The van der Waals surface area contributed by atoms with E-state index < -0.39 is 0 Å². The first kappa shape index (κ1) is 12.6. The molecule has 0 unspecified atom stereocenters. The number of hydrogen-bond donors (Lipinski definition) is 1. The van der Waals surface area contributed by atoms with Gasteiger partial charge in [0.05, 0.1) is 23.0 Å². The van der Waals surface area contributed by atoms with Crippen molar-refractivity contribution in [3.63, 3.8) is 0 Å². The summed E-state index contributed by atoms with van der Waals surface area (Å²) in [6.07, 6.45) is 0.0915. The van der Waals surface area contributed by atoms with Crippen molar-refractivity contribution < 1.29 is 4.74 Å². The fourth-order valence-corrected chi connectivity index (χ4v) is 1.86. The minimum Gasteiger partial charge on any atom is -0.475 e. The molecule has 2 N–H and O–H groups in total. The highest BCUT2D eigenvalue weighted by Gasteiger charge is 2.17. The molecule has 0 saturated carbocycles. The lowest BCUT2D eigenvalue weighted by atomic mass is 10.2. The fraction of sp³-hybridized carbons (Fsp3) is 0.357. The summed E-state index contributed by atoms with van der Waals surface area (Å²) in [7, 11) is 0. The van der Waals surface area contributed by atoms with Crippen molar-refractivity contribution in [1.29, 1.82) is 0 Å². The first-order valence-corrected chi connectivity index (χ1v) is 6.14. The van der Waals surface area contributed by atoms with Gasteiger partial charge in [-0.15, -0.1) is 0 Å². The Balaban J connectivity index is 2.53. The van der Waals surface area contributed by atoms with Gasteiger partial charge in [0.2, 0.25) is 5.88 Å².